The summed E-state index contributed by atoms with van der Waals surface area (Å²) in [7, 11) is 0. The summed E-state index contributed by atoms with van der Waals surface area (Å²) in [5, 5.41) is 11.0. The van der Waals surface area contributed by atoms with Gasteiger partial charge in [0, 0.05) is 17.8 Å². The number of aliphatic hydroxyl groups is 1. The number of nitrogens with zero attached hydrogens (tertiary/aromatic N) is 2. The van der Waals surface area contributed by atoms with Crippen LogP contribution in [0.1, 0.15) is 64.2 Å². The number of aliphatic hydroxyl groups excluding tert-OH is 1. The van der Waals surface area contributed by atoms with Crippen LogP contribution in [0.15, 0.2) is 18.6 Å². The van der Waals surface area contributed by atoms with Gasteiger partial charge in [-0.15, -0.1) is 0 Å². The second-order valence-electron chi connectivity index (χ2n) is 8.53. The van der Waals surface area contributed by atoms with Crippen molar-refractivity contribution in [2.75, 3.05) is 0 Å². The molecule has 4 saturated carbocycles. The van der Waals surface area contributed by atoms with E-state index in [2.05, 4.69) is 23.8 Å². The summed E-state index contributed by atoms with van der Waals surface area (Å²) in [4.78, 5) is 8.51. The topological polar surface area (TPSA) is 46.0 Å². The van der Waals surface area contributed by atoms with Crippen molar-refractivity contribution in [1.82, 2.24) is 9.97 Å². The Bertz CT molecular complexity index is 511. The highest BCUT2D eigenvalue weighted by Gasteiger charge is 2.62. The molecule has 3 heteroatoms. The van der Waals surface area contributed by atoms with Crippen molar-refractivity contribution < 1.29 is 5.11 Å². The molecule has 0 aliphatic heterocycles. The van der Waals surface area contributed by atoms with E-state index in [0.29, 0.717) is 10.8 Å². The zero-order valence-electron chi connectivity index (χ0n) is 12.5. The van der Waals surface area contributed by atoms with E-state index in [-0.39, 0.29) is 5.41 Å². The Balaban J connectivity index is 1.74. The van der Waals surface area contributed by atoms with Crippen LogP contribution >= 0.6 is 0 Å². The van der Waals surface area contributed by atoms with Crippen LogP contribution in [0, 0.1) is 22.2 Å². The molecule has 3 nitrogen and oxygen atoms in total. The molecule has 1 heterocycles. The third-order valence-electron chi connectivity index (χ3n) is 6.11. The maximum Gasteiger partial charge on any atom is 0.103 e. The van der Waals surface area contributed by atoms with E-state index in [1.54, 1.807) is 18.6 Å². The molecule has 3 unspecified atom stereocenters. The largest absolute Gasteiger partial charge is 0.386 e. The minimum Gasteiger partial charge on any atom is -0.386 e. The zero-order valence-corrected chi connectivity index (χ0v) is 12.5. The van der Waals surface area contributed by atoms with E-state index >= 15 is 0 Å². The molecule has 5 rings (SSSR count). The smallest absolute Gasteiger partial charge is 0.103 e. The third kappa shape index (κ3) is 1.75. The van der Waals surface area contributed by atoms with Crippen LogP contribution in [0.2, 0.25) is 0 Å². The molecule has 1 N–H and O–H groups in total. The Morgan fingerprint density at radius 2 is 1.80 bits per heavy atom. The van der Waals surface area contributed by atoms with Gasteiger partial charge in [-0.25, -0.2) is 0 Å². The lowest BCUT2D eigenvalue weighted by Gasteiger charge is -2.66. The van der Waals surface area contributed by atoms with Crippen molar-refractivity contribution in [3.8, 4) is 0 Å². The average Bonchev–Trinajstić information content (AvgIpc) is 2.34. The van der Waals surface area contributed by atoms with E-state index in [9.17, 15) is 5.11 Å². The van der Waals surface area contributed by atoms with Gasteiger partial charge in [-0.05, 0) is 55.3 Å². The molecule has 3 atom stereocenters. The second-order valence-corrected chi connectivity index (χ2v) is 8.53. The predicted octanol–water partition coefficient (Wildman–Crippen LogP) is 3.51. The Kier molecular flexibility index (Phi) is 2.44. The van der Waals surface area contributed by atoms with Crippen LogP contribution in [0.3, 0.4) is 0 Å². The van der Waals surface area contributed by atoms with Crippen molar-refractivity contribution in [2.45, 2.75) is 58.5 Å². The first-order chi connectivity index (χ1) is 9.42. The standard InChI is InChI=1S/C17H24N2O/c1-15-5-12-6-16(2,9-15)11-17(7-12,10-15)14(20)13-8-18-3-4-19-13/h3-4,8,12,14,20H,5-7,9-11H2,1-2H3. The molecule has 4 aliphatic carbocycles. The summed E-state index contributed by atoms with van der Waals surface area (Å²) < 4.78 is 0. The molecular formula is C17H24N2O. The molecule has 0 amide bonds. The molecule has 20 heavy (non-hydrogen) atoms. The minimum atomic E-state index is -0.446. The van der Waals surface area contributed by atoms with Gasteiger partial charge in [-0.2, -0.15) is 0 Å². The monoisotopic (exact) mass is 272 g/mol. The summed E-state index contributed by atoms with van der Waals surface area (Å²) in [5.74, 6) is 0.799. The van der Waals surface area contributed by atoms with Crippen LogP contribution < -0.4 is 0 Å². The molecule has 0 spiro atoms. The molecule has 0 saturated heterocycles. The summed E-state index contributed by atoms with van der Waals surface area (Å²) in [5.41, 5.74) is 1.66. The van der Waals surface area contributed by atoms with Crippen LogP contribution in [-0.4, -0.2) is 15.1 Å². The van der Waals surface area contributed by atoms with Gasteiger partial charge in [0.1, 0.15) is 6.10 Å². The van der Waals surface area contributed by atoms with Gasteiger partial charge >= 0.3 is 0 Å². The Labute approximate surface area is 120 Å². The molecule has 4 aliphatic rings. The molecule has 108 valence electrons. The summed E-state index contributed by atoms with van der Waals surface area (Å²) in [6.45, 7) is 4.88. The van der Waals surface area contributed by atoms with Crippen molar-refractivity contribution >= 4 is 0 Å². The molecule has 1 aromatic heterocycles. The fourth-order valence-corrected chi connectivity index (χ4v) is 6.61. The SMILES string of the molecule is CC12CC3CC(C)(C1)CC(C(O)c1cnccn1)(C3)C2. The fraction of sp³-hybridized carbons (Fsp3) is 0.765. The van der Waals surface area contributed by atoms with E-state index in [1.165, 1.54) is 25.7 Å². The van der Waals surface area contributed by atoms with Crippen molar-refractivity contribution in [3.63, 3.8) is 0 Å². The lowest BCUT2D eigenvalue weighted by atomic mass is 9.39. The molecule has 0 radical (unpaired) electrons. The minimum absolute atomic E-state index is 0.0406. The molecule has 0 aromatic carbocycles. The maximum absolute atomic E-state index is 11.0. The highest BCUT2D eigenvalue weighted by atomic mass is 16.3. The van der Waals surface area contributed by atoms with Crippen LogP contribution in [-0.2, 0) is 0 Å². The second kappa shape index (κ2) is 3.82. The first-order valence-electron chi connectivity index (χ1n) is 7.86. The van der Waals surface area contributed by atoms with E-state index in [0.717, 1.165) is 24.5 Å². The first kappa shape index (κ1) is 12.8. The molecule has 1 aromatic rings. The van der Waals surface area contributed by atoms with E-state index < -0.39 is 6.10 Å². The zero-order chi connectivity index (χ0) is 14.0. The fourth-order valence-electron chi connectivity index (χ4n) is 6.61. The average molecular weight is 272 g/mol. The Morgan fingerprint density at radius 1 is 1.10 bits per heavy atom. The van der Waals surface area contributed by atoms with Crippen LogP contribution in [0.25, 0.3) is 0 Å². The van der Waals surface area contributed by atoms with Crippen molar-refractivity contribution in [2.24, 2.45) is 22.2 Å². The number of aromatic nitrogens is 2. The van der Waals surface area contributed by atoms with E-state index in [4.69, 9.17) is 0 Å². The van der Waals surface area contributed by atoms with Gasteiger partial charge < -0.3 is 5.11 Å². The van der Waals surface area contributed by atoms with E-state index in [1.807, 2.05) is 0 Å². The van der Waals surface area contributed by atoms with Gasteiger partial charge in [0.2, 0.25) is 0 Å². The lowest BCUT2D eigenvalue weighted by molar-refractivity contribution is -0.188. The van der Waals surface area contributed by atoms with Gasteiger partial charge in [0.25, 0.3) is 0 Å². The Hall–Kier alpha value is -0.960. The maximum atomic E-state index is 11.0. The molecular weight excluding hydrogens is 248 g/mol. The first-order valence-corrected chi connectivity index (χ1v) is 7.86. The third-order valence-corrected chi connectivity index (χ3v) is 6.11. The summed E-state index contributed by atoms with van der Waals surface area (Å²) >= 11 is 0. The van der Waals surface area contributed by atoms with Crippen molar-refractivity contribution in [1.29, 1.82) is 0 Å². The molecule has 4 bridgehead atoms. The van der Waals surface area contributed by atoms with Gasteiger partial charge in [0.15, 0.2) is 0 Å². The highest BCUT2D eigenvalue weighted by Crippen LogP contribution is 2.72. The Morgan fingerprint density at radius 3 is 2.35 bits per heavy atom. The highest BCUT2D eigenvalue weighted by molar-refractivity contribution is 5.16. The number of hydrogen-bond donors (Lipinski definition) is 1. The van der Waals surface area contributed by atoms with Gasteiger partial charge in [0.05, 0.1) is 11.9 Å². The summed E-state index contributed by atoms with van der Waals surface area (Å²) in [6, 6.07) is 0. The molecule has 4 fully saturated rings. The van der Waals surface area contributed by atoms with Gasteiger partial charge in [-0.3, -0.25) is 9.97 Å². The van der Waals surface area contributed by atoms with Gasteiger partial charge in [-0.1, -0.05) is 13.8 Å². The lowest BCUT2D eigenvalue weighted by Crippen LogP contribution is -2.56. The van der Waals surface area contributed by atoms with Crippen LogP contribution in [0.5, 0.6) is 0 Å². The van der Waals surface area contributed by atoms with Crippen molar-refractivity contribution in [3.05, 3.63) is 24.3 Å². The normalized spacial score (nSPS) is 47.5. The number of hydrogen-bond acceptors (Lipinski definition) is 3. The number of rotatable bonds is 2. The van der Waals surface area contributed by atoms with Crippen LogP contribution in [0.4, 0.5) is 0 Å². The quantitative estimate of drug-likeness (QED) is 0.896. The summed E-state index contributed by atoms with van der Waals surface area (Å²) in [6.07, 6.45) is 12.2. The predicted molar refractivity (Wildman–Crippen MR) is 76.8 cm³/mol.